The molecule has 0 saturated carbocycles. The summed E-state index contributed by atoms with van der Waals surface area (Å²) in [6, 6.07) is 0.140. The quantitative estimate of drug-likeness (QED) is 0.690. The Kier molecular flexibility index (Phi) is 4.01. The molecule has 13 heavy (non-hydrogen) atoms. The molecule has 0 radical (unpaired) electrons. The highest BCUT2D eigenvalue weighted by Gasteiger charge is 2.29. The van der Waals surface area contributed by atoms with E-state index >= 15 is 0 Å². The van der Waals surface area contributed by atoms with Gasteiger partial charge in [0, 0.05) is 23.3 Å². The lowest BCUT2D eigenvalue weighted by atomic mass is 10.0. The molecule has 0 aliphatic carbocycles. The van der Waals surface area contributed by atoms with Gasteiger partial charge in [-0.3, -0.25) is 0 Å². The van der Waals surface area contributed by atoms with E-state index in [1.165, 1.54) is 4.31 Å². The fraction of sp³-hybridized carbons (Fsp3) is 1.00. The largest absolute Gasteiger partial charge is 0.300 e. The van der Waals surface area contributed by atoms with Gasteiger partial charge in [0.2, 0.25) is 0 Å². The normalized spacial score (nSPS) is 26.2. The molecule has 0 aromatic carbocycles. The standard InChI is InChI=1S/C8H16ClNO2S/c1-2-5-8-6-3-4-7-10(8)13(9,11)12/h8H,2-7H2,1H3. The van der Waals surface area contributed by atoms with Crippen LogP contribution < -0.4 is 0 Å². The number of halogens is 1. The summed E-state index contributed by atoms with van der Waals surface area (Å²) in [6.07, 6.45) is 4.94. The summed E-state index contributed by atoms with van der Waals surface area (Å²) in [4.78, 5) is 0. The smallest absolute Gasteiger partial charge is 0.195 e. The highest BCUT2D eigenvalue weighted by molar-refractivity contribution is 8.11. The van der Waals surface area contributed by atoms with Gasteiger partial charge in [-0.1, -0.05) is 19.8 Å². The first-order valence-electron chi connectivity index (χ1n) is 4.77. The first-order chi connectivity index (χ1) is 6.05. The van der Waals surface area contributed by atoms with Gasteiger partial charge in [-0.25, -0.2) is 0 Å². The van der Waals surface area contributed by atoms with Gasteiger partial charge in [0.15, 0.2) is 0 Å². The van der Waals surface area contributed by atoms with Crippen molar-refractivity contribution < 1.29 is 8.42 Å². The fourth-order valence-electron chi connectivity index (χ4n) is 1.88. The maximum absolute atomic E-state index is 11.2. The average Bonchev–Trinajstić information content (AvgIpc) is 2.04. The fourth-order valence-corrected chi connectivity index (χ4v) is 3.34. The molecule has 1 unspecified atom stereocenters. The molecule has 1 aliphatic rings. The van der Waals surface area contributed by atoms with Crippen molar-refractivity contribution in [2.45, 2.75) is 45.1 Å². The van der Waals surface area contributed by atoms with Crippen molar-refractivity contribution in [2.75, 3.05) is 6.54 Å². The first kappa shape index (κ1) is 11.3. The van der Waals surface area contributed by atoms with E-state index in [1.54, 1.807) is 0 Å². The van der Waals surface area contributed by atoms with Crippen molar-refractivity contribution in [3.8, 4) is 0 Å². The summed E-state index contributed by atoms with van der Waals surface area (Å²) in [6.45, 7) is 2.66. The van der Waals surface area contributed by atoms with Gasteiger partial charge in [-0.05, 0) is 19.3 Å². The SMILES string of the molecule is CCCC1CCCCN1S(=O)(=O)Cl. The summed E-state index contributed by atoms with van der Waals surface area (Å²) < 4.78 is 23.8. The molecule has 78 valence electrons. The lowest BCUT2D eigenvalue weighted by molar-refractivity contribution is 0.244. The van der Waals surface area contributed by atoms with Gasteiger partial charge in [-0.15, -0.1) is 0 Å². The second kappa shape index (κ2) is 4.62. The van der Waals surface area contributed by atoms with Crippen LogP contribution >= 0.6 is 10.7 Å². The van der Waals surface area contributed by atoms with E-state index in [0.717, 1.165) is 32.1 Å². The number of nitrogens with zero attached hydrogens (tertiary/aromatic N) is 1. The molecule has 1 aliphatic heterocycles. The molecule has 5 heteroatoms. The van der Waals surface area contributed by atoms with Crippen LogP contribution in [0.25, 0.3) is 0 Å². The van der Waals surface area contributed by atoms with Gasteiger partial charge in [-0.2, -0.15) is 12.7 Å². The third-order valence-corrected chi connectivity index (χ3v) is 4.05. The van der Waals surface area contributed by atoms with Crippen molar-refractivity contribution in [1.82, 2.24) is 4.31 Å². The van der Waals surface area contributed by atoms with Crippen LogP contribution in [0.5, 0.6) is 0 Å². The van der Waals surface area contributed by atoms with Crippen molar-refractivity contribution in [3.63, 3.8) is 0 Å². The minimum atomic E-state index is -3.49. The molecule has 1 rings (SSSR count). The van der Waals surface area contributed by atoms with E-state index in [4.69, 9.17) is 10.7 Å². The van der Waals surface area contributed by atoms with Gasteiger partial charge >= 0.3 is 0 Å². The van der Waals surface area contributed by atoms with E-state index in [2.05, 4.69) is 6.92 Å². The number of hydrogen-bond acceptors (Lipinski definition) is 2. The molecule has 1 saturated heterocycles. The van der Waals surface area contributed by atoms with Crippen LogP contribution in [0.4, 0.5) is 0 Å². The molecule has 1 atom stereocenters. The Morgan fingerprint density at radius 3 is 2.69 bits per heavy atom. The lowest BCUT2D eigenvalue weighted by Gasteiger charge is -2.32. The summed E-state index contributed by atoms with van der Waals surface area (Å²) in [5.74, 6) is 0. The van der Waals surface area contributed by atoms with E-state index in [0.29, 0.717) is 6.54 Å². The van der Waals surface area contributed by atoms with Gasteiger partial charge in [0.25, 0.3) is 9.24 Å². The minimum Gasteiger partial charge on any atom is -0.195 e. The lowest BCUT2D eigenvalue weighted by Crippen LogP contribution is -2.41. The third kappa shape index (κ3) is 3.11. The van der Waals surface area contributed by atoms with Crippen molar-refractivity contribution in [1.29, 1.82) is 0 Å². The zero-order valence-corrected chi connectivity index (χ0v) is 9.44. The maximum atomic E-state index is 11.2. The van der Waals surface area contributed by atoms with Crippen molar-refractivity contribution in [2.24, 2.45) is 0 Å². The van der Waals surface area contributed by atoms with Crippen molar-refractivity contribution in [3.05, 3.63) is 0 Å². The molecule has 0 spiro atoms. The highest BCUT2D eigenvalue weighted by atomic mass is 35.7. The Morgan fingerprint density at radius 1 is 1.46 bits per heavy atom. The van der Waals surface area contributed by atoms with Crippen LogP contribution in [-0.4, -0.2) is 25.3 Å². The second-order valence-electron chi connectivity index (χ2n) is 3.49. The van der Waals surface area contributed by atoms with E-state index < -0.39 is 9.24 Å². The molecular formula is C8H16ClNO2S. The molecule has 1 fully saturated rings. The molecule has 0 bridgehead atoms. The summed E-state index contributed by atoms with van der Waals surface area (Å²) >= 11 is 0. The van der Waals surface area contributed by atoms with E-state index in [9.17, 15) is 8.42 Å². The second-order valence-corrected chi connectivity index (χ2v) is 5.95. The number of hydrogen-bond donors (Lipinski definition) is 0. The Balaban J connectivity index is 2.67. The summed E-state index contributed by atoms with van der Waals surface area (Å²) in [7, 11) is 1.85. The van der Waals surface area contributed by atoms with Gasteiger partial charge < -0.3 is 0 Å². The number of rotatable bonds is 3. The monoisotopic (exact) mass is 225 g/mol. The van der Waals surface area contributed by atoms with Crippen LogP contribution in [0.1, 0.15) is 39.0 Å². The number of piperidine rings is 1. The third-order valence-electron chi connectivity index (χ3n) is 2.48. The van der Waals surface area contributed by atoms with E-state index in [1.807, 2.05) is 0 Å². The van der Waals surface area contributed by atoms with E-state index in [-0.39, 0.29) is 6.04 Å². The predicted molar refractivity (Wildman–Crippen MR) is 54.0 cm³/mol. The Morgan fingerprint density at radius 2 is 2.15 bits per heavy atom. The summed E-state index contributed by atoms with van der Waals surface area (Å²) in [5.41, 5.74) is 0. The maximum Gasteiger partial charge on any atom is 0.300 e. The van der Waals surface area contributed by atoms with Crippen LogP contribution in [-0.2, 0) is 9.24 Å². The Hall–Kier alpha value is 0.200. The zero-order chi connectivity index (χ0) is 9.90. The predicted octanol–water partition coefficient (Wildman–Crippen LogP) is 2.12. The van der Waals surface area contributed by atoms with Crippen molar-refractivity contribution >= 4 is 19.9 Å². The highest BCUT2D eigenvalue weighted by Crippen LogP contribution is 2.25. The van der Waals surface area contributed by atoms with Gasteiger partial charge in [0.1, 0.15) is 0 Å². The molecule has 1 heterocycles. The molecular weight excluding hydrogens is 210 g/mol. The average molecular weight is 226 g/mol. The zero-order valence-electron chi connectivity index (χ0n) is 7.87. The van der Waals surface area contributed by atoms with Gasteiger partial charge in [0.05, 0.1) is 0 Å². The van der Waals surface area contributed by atoms with Crippen LogP contribution in [0.3, 0.4) is 0 Å². The first-order valence-corrected chi connectivity index (χ1v) is 7.03. The molecule has 0 aromatic heterocycles. The van der Waals surface area contributed by atoms with Crippen LogP contribution in [0, 0.1) is 0 Å². The van der Waals surface area contributed by atoms with Crippen LogP contribution in [0.2, 0.25) is 0 Å². The molecule has 0 aromatic rings. The topological polar surface area (TPSA) is 37.4 Å². The molecule has 0 amide bonds. The summed E-state index contributed by atoms with van der Waals surface area (Å²) in [5, 5.41) is 0. The Bertz CT molecular complexity index is 251. The Labute approximate surface area is 84.6 Å². The van der Waals surface area contributed by atoms with Crippen LogP contribution in [0.15, 0.2) is 0 Å². The minimum absolute atomic E-state index is 0.140. The molecule has 3 nitrogen and oxygen atoms in total. The molecule has 0 N–H and O–H groups in total.